The van der Waals surface area contributed by atoms with Gasteiger partial charge in [0.2, 0.25) is 0 Å². The van der Waals surface area contributed by atoms with Crippen LogP contribution in [0.1, 0.15) is 25.0 Å². The van der Waals surface area contributed by atoms with Crippen molar-refractivity contribution in [2.75, 3.05) is 6.54 Å². The van der Waals surface area contributed by atoms with Gasteiger partial charge in [0.05, 0.1) is 0 Å². The largest absolute Gasteiger partial charge is 0.330 e. The molecule has 2 rings (SSSR count). The molecule has 2 N–H and O–H groups in total. The fourth-order valence-electron chi connectivity index (χ4n) is 1.98. The third-order valence-electron chi connectivity index (χ3n) is 3.56. The lowest BCUT2D eigenvalue weighted by Gasteiger charge is -2.23. The molecule has 94 valence electrons. The average molecular weight is 239 g/mol. The molecule has 0 heterocycles. The van der Waals surface area contributed by atoms with E-state index in [1.54, 1.807) is 0 Å². The van der Waals surface area contributed by atoms with E-state index in [4.69, 9.17) is 5.73 Å². The predicted octanol–water partition coefficient (Wildman–Crippen LogP) is 3.90. The zero-order valence-corrected chi connectivity index (χ0v) is 11.4. The van der Waals surface area contributed by atoms with E-state index in [0.717, 1.165) is 0 Å². The van der Waals surface area contributed by atoms with Crippen LogP contribution in [0.25, 0.3) is 11.1 Å². The summed E-state index contributed by atoms with van der Waals surface area (Å²) < 4.78 is 0. The molecule has 0 aromatic heterocycles. The van der Waals surface area contributed by atoms with E-state index < -0.39 is 0 Å². The van der Waals surface area contributed by atoms with E-state index in [1.165, 1.54) is 22.3 Å². The fraction of sp³-hybridized carbons (Fsp3) is 0.294. The molecule has 0 amide bonds. The highest BCUT2D eigenvalue weighted by Crippen LogP contribution is 2.26. The maximum absolute atomic E-state index is 5.80. The van der Waals surface area contributed by atoms with Gasteiger partial charge in [-0.3, -0.25) is 0 Å². The summed E-state index contributed by atoms with van der Waals surface area (Å²) in [7, 11) is 0. The first kappa shape index (κ1) is 12.8. The van der Waals surface area contributed by atoms with Crippen LogP contribution in [-0.2, 0) is 5.41 Å². The van der Waals surface area contributed by atoms with Gasteiger partial charge in [0, 0.05) is 12.0 Å². The van der Waals surface area contributed by atoms with Gasteiger partial charge < -0.3 is 5.73 Å². The summed E-state index contributed by atoms with van der Waals surface area (Å²) in [6.07, 6.45) is 0. The summed E-state index contributed by atoms with van der Waals surface area (Å²) >= 11 is 0. The van der Waals surface area contributed by atoms with E-state index in [0.29, 0.717) is 6.54 Å². The zero-order chi connectivity index (χ0) is 13.2. The molecule has 0 saturated carbocycles. The number of hydrogen-bond donors (Lipinski definition) is 1. The Morgan fingerprint density at radius 2 is 1.28 bits per heavy atom. The van der Waals surface area contributed by atoms with Crippen molar-refractivity contribution in [2.24, 2.45) is 5.73 Å². The Labute approximate surface area is 110 Å². The minimum absolute atomic E-state index is 0.0474. The van der Waals surface area contributed by atoms with Gasteiger partial charge >= 0.3 is 0 Å². The van der Waals surface area contributed by atoms with Crippen molar-refractivity contribution in [1.82, 2.24) is 0 Å². The molecule has 0 atom stereocenters. The number of rotatable bonds is 3. The summed E-state index contributed by atoms with van der Waals surface area (Å²) in [5.74, 6) is 0. The third kappa shape index (κ3) is 2.62. The van der Waals surface area contributed by atoms with Crippen LogP contribution in [-0.4, -0.2) is 6.54 Å². The highest BCUT2D eigenvalue weighted by Gasteiger charge is 2.17. The molecule has 1 heteroatoms. The first-order chi connectivity index (χ1) is 8.53. The molecule has 0 aliphatic rings. The van der Waals surface area contributed by atoms with Gasteiger partial charge in [0.1, 0.15) is 0 Å². The summed E-state index contributed by atoms with van der Waals surface area (Å²) in [6, 6.07) is 17.3. The van der Waals surface area contributed by atoms with Crippen LogP contribution in [0.5, 0.6) is 0 Å². The molecule has 1 nitrogen and oxygen atoms in total. The molecule has 0 aliphatic heterocycles. The second kappa shape index (κ2) is 4.95. The number of hydrogen-bond acceptors (Lipinski definition) is 1. The van der Waals surface area contributed by atoms with Crippen molar-refractivity contribution in [3.05, 3.63) is 59.7 Å². The standard InChI is InChI=1S/C17H21N/c1-13-4-6-14(7-5-13)15-8-10-16(11-9-15)17(2,3)12-18/h4-11H,12,18H2,1-3H3. The second-order valence-electron chi connectivity index (χ2n) is 5.53. The smallest absolute Gasteiger partial charge is 0.00190 e. The van der Waals surface area contributed by atoms with Crippen LogP contribution in [0, 0.1) is 6.92 Å². The molecule has 18 heavy (non-hydrogen) atoms. The van der Waals surface area contributed by atoms with Crippen LogP contribution >= 0.6 is 0 Å². The number of benzene rings is 2. The maximum atomic E-state index is 5.80. The lowest BCUT2D eigenvalue weighted by atomic mass is 9.84. The Morgan fingerprint density at radius 3 is 1.72 bits per heavy atom. The molecule has 0 unspecified atom stereocenters. The average Bonchev–Trinajstić information content (AvgIpc) is 2.40. The molecule has 2 aromatic carbocycles. The topological polar surface area (TPSA) is 26.0 Å². The molecular weight excluding hydrogens is 218 g/mol. The molecule has 0 aliphatic carbocycles. The summed E-state index contributed by atoms with van der Waals surface area (Å²) in [5.41, 5.74) is 11.0. The molecule has 0 saturated heterocycles. The van der Waals surface area contributed by atoms with Crippen molar-refractivity contribution in [3.63, 3.8) is 0 Å². The zero-order valence-electron chi connectivity index (χ0n) is 11.4. The van der Waals surface area contributed by atoms with E-state index >= 15 is 0 Å². The monoisotopic (exact) mass is 239 g/mol. The van der Waals surface area contributed by atoms with Gasteiger partial charge in [-0.15, -0.1) is 0 Å². The van der Waals surface area contributed by atoms with Crippen LogP contribution in [0.3, 0.4) is 0 Å². The van der Waals surface area contributed by atoms with E-state index in [9.17, 15) is 0 Å². The van der Waals surface area contributed by atoms with Crippen molar-refractivity contribution in [2.45, 2.75) is 26.2 Å². The first-order valence-corrected chi connectivity index (χ1v) is 6.40. The summed E-state index contributed by atoms with van der Waals surface area (Å²) in [6.45, 7) is 7.12. The first-order valence-electron chi connectivity index (χ1n) is 6.40. The maximum Gasteiger partial charge on any atom is 0.00190 e. The minimum Gasteiger partial charge on any atom is -0.330 e. The molecule has 0 spiro atoms. The Balaban J connectivity index is 2.30. The van der Waals surface area contributed by atoms with Crippen molar-refractivity contribution in [1.29, 1.82) is 0 Å². The molecule has 2 aromatic rings. The van der Waals surface area contributed by atoms with E-state index in [1.807, 2.05) is 0 Å². The Hall–Kier alpha value is -1.60. The summed E-state index contributed by atoms with van der Waals surface area (Å²) in [4.78, 5) is 0. The van der Waals surface area contributed by atoms with Crippen LogP contribution in [0.2, 0.25) is 0 Å². The fourth-order valence-corrected chi connectivity index (χ4v) is 1.98. The molecule has 0 bridgehead atoms. The van der Waals surface area contributed by atoms with Gasteiger partial charge in [-0.05, 0) is 23.6 Å². The van der Waals surface area contributed by atoms with Crippen molar-refractivity contribution < 1.29 is 0 Å². The van der Waals surface area contributed by atoms with Crippen LogP contribution in [0.4, 0.5) is 0 Å². The van der Waals surface area contributed by atoms with Crippen LogP contribution in [0.15, 0.2) is 48.5 Å². The van der Waals surface area contributed by atoms with Crippen molar-refractivity contribution >= 4 is 0 Å². The van der Waals surface area contributed by atoms with Gasteiger partial charge in [-0.1, -0.05) is 67.9 Å². The van der Waals surface area contributed by atoms with Gasteiger partial charge in [-0.2, -0.15) is 0 Å². The van der Waals surface area contributed by atoms with Gasteiger partial charge in [0.25, 0.3) is 0 Å². The van der Waals surface area contributed by atoms with E-state index in [2.05, 4.69) is 69.3 Å². The normalized spacial score (nSPS) is 11.6. The van der Waals surface area contributed by atoms with Gasteiger partial charge in [-0.25, -0.2) is 0 Å². The highest BCUT2D eigenvalue weighted by molar-refractivity contribution is 5.64. The lowest BCUT2D eigenvalue weighted by Crippen LogP contribution is -2.27. The quantitative estimate of drug-likeness (QED) is 0.863. The SMILES string of the molecule is Cc1ccc(-c2ccc(C(C)(C)CN)cc2)cc1. The number of aryl methyl sites for hydroxylation is 1. The summed E-state index contributed by atoms with van der Waals surface area (Å²) in [5, 5.41) is 0. The Bertz CT molecular complexity index is 506. The van der Waals surface area contributed by atoms with Crippen molar-refractivity contribution in [3.8, 4) is 11.1 Å². The van der Waals surface area contributed by atoms with E-state index in [-0.39, 0.29) is 5.41 Å². The molecule has 0 fully saturated rings. The highest BCUT2D eigenvalue weighted by atomic mass is 14.6. The second-order valence-corrected chi connectivity index (χ2v) is 5.53. The third-order valence-corrected chi connectivity index (χ3v) is 3.56. The minimum atomic E-state index is 0.0474. The van der Waals surface area contributed by atoms with Crippen LogP contribution < -0.4 is 5.73 Å². The molecule has 0 radical (unpaired) electrons. The number of nitrogens with two attached hydrogens (primary N) is 1. The lowest BCUT2D eigenvalue weighted by molar-refractivity contribution is 0.539. The Kier molecular flexibility index (Phi) is 3.53. The van der Waals surface area contributed by atoms with Gasteiger partial charge in [0.15, 0.2) is 0 Å². The Morgan fingerprint density at radius 1 is 0.833 bits per heavy atom. The molecular formula is C17H21N. The predicted molar refractivity (Wildman–Crippen MR) is 78.7 cm³/mol.